The molecule has 0 unspecified atom stereocenters. The van der Waals surface area contributed by atoms with E-state index < -0.39 is 0 Å². The molecule has 14 heavy (non-hydrogen) atoms. The summed E-state index contributed by atoms with van der Waals surface area (Å²) in [4.78, 5) is 11.7. The minimum absolute atomic E-state index is 0.0338. The maximum absolute atomic E-state index is 11.7. The molecule has 84 valence electrons. The molecule has 0 aromatic heterocycles. The zero-order chi connectivity index (χ0) is 11.2. The molecule has 0 aromatic carbocycles. The molecule has 0 amide bonds. The van der Waals surface area contributed by atoms with Crippen molar-refractivity contribution in [1.29, 1.82) is 0 Å². The zero-order valence-electron chi connectivity index (χ0n) is 10.2. The van der Waals surface area contributed by atoms with Crippen molar-refractivity contribution >= 4 is 5.97 Å². The van der Waals surface area contributed by atoms with E-state index in [0.29, 0.717) is 0 Å². The Labute approximate surface area is 88.0 Å². The van der Waals surface area contributed by atoms with E-state index in [-0.39, 0.29) is 17.5 Å². The summed E-state index contributed by atoms with van der Waals surface area (Å²) < 4.78 is 5.48. The second-order valence-electron chi connectivity index (χ2n) is 4.44. The maximum Gasteiger partial charge on any atom is 0.309 e. The van der Waals surface area contributed by atoms with Crippen molar-refractivity contribution in [3.05, 3.63) is 0 Å². The molecule has 0 aliphatic carbocycles. The van der Waals surface area contributed by atoms with Gasteiger partial charge in [0.25, 0.3) is 0 Å². The van der Waals surface area contributed by atoms with Crippen molar-refractivity contribution < 1.29 is 9.53 Å². The fourth-order valence-corrected chi connectivity index (χ4v) is 1.63. The standard InChI is InChI=1S/C12H24O2/c1-6-9-12(4,5)14-11(13)10(7-2)8-3/h10H,6-9H2,1-5H3. The van der Waals surface area contributed by atoms with Crippen molar-refractivity contribution in [2.24, 2.45) is 5.92 Å². The molecule has 0 saturated heterocycles. The minimum atomic E-state index is -0.297. The van der Waals surface area contributed by atoms with Crippen molar-refractivity contribution in [3.8, 4) is 0 Å². The van der Waals surface area contributed by atoms with E-state index in [1.807, 2.05) is 27.7 Å². The Kier molecular flexibility index (Phi) is 5.82. The van der Waals surface area contributed by atoms with Crippen LogP contribution < -0.4 is 0 Å². The predicted molar refractivity (Wildman–Crippen MR) is 59.2 cm³/mol. The monoisotopic (exact) mass is 200 g/mol. The van der Waals surface area contributed by atoms with E-state index in [4.69, 9.17) is 4.74 Å². The molecular formula is C12H24O2. The Balaban J connectivity index is 4.15. The van der Waals surface area contributed by atoms with Gasteiger partial charge >= 0.3 is 5.97 Å². The molecule has 0 saturated carbocycles. The van der Waals surface area contributed by atoms with Crippen LogP contribution in [0.1, 0.15) is 60.3 Å². The van der Waals surface area contributed by atoms with Gasteiger partial charge in [-0.3, -0.25) is 4.79 Å². The third kappa shape index (κ3) is 4.64. The lowest BCUT2D eigenvalue weighted by atomic mass is 10.0. The summed E-state index contributed by atoms with van der Waals surface area (Å²) in [6.07, 6.45) is 3.72. The van der Waals surface area contributed by atoms with Crippen molar-refractivity contribution in [3.63, 3.8) is 0 Å². The fourth-order valence-electron chi connectivity index (χ4n) is 1.63. The summed E-state index contributed by atoms with van der Waals surface area (Å²) in [5, 5.41) is 0. The smallest absolute Gasteiger partial charge is 0.309 e. The third-order valence-corrected chi connectivity index (χ3v) is 2.55. The number of carbonyl (C=O) groups excluding carboxylic acids is 1. The minimum Gasteiger partial charge on any atom is -0.459 e. The first-order valence-corrected chi connectivity index (χ1v) is 5.69. The molecular weight excluding hydrogens is 176 g/mol. The summed E-state index contributed by atoms with van der Waals surface area (Å²) in [6, 6.07) is 0. The van der Waals surface area contributed by atoms with Crippen molar-refractivity contribution in [2.75, 3.05) is 0 Å². The Morgan fingerprint density at radius 3 is 2.07 bits per heavy atom. The van der Waals surface area contributed by atoms with E-state index in [1.165, 1.54) is 0 Å². The van der Waals surface area contributed by atoms with Crippen LogP contribution in [0.5, 0.6) is 0 Å². The van der Waals surface area contributed by atoms with Crippen LogP contribution in [0.3, 0.4) is 0 Å². The molecule has 0 aliphatic rings. The number of rotatable bonds is 6. The Morgan fingerprint density at radius 2 is 1.71 bits per heavy atom. The molecule has 2 heteroatoms. The second-order valence-corrected chi connectivity index (χ2v) is 4.44. The summed E-state index contributed by atoms with van der Waals surface area (Å²) in [6.45, 7) is 10.1. The molecule has 0 N–H and O–H groups in total. The highest BCUT2D eigenvalue weighted by Gasteiger charge is 2.25. The van der Waals surface area contributed by atoms with Gasteiger partial charge in [0.2, 0.25) is 0 Å². The number of hydrogen-bond acceptors (Lipinski definition) is 2. The van der Waals surface area contributed by atoms with Gasteiger partial charge in [-0.1, -0.05) is 27.2 Å². The second kappa shape index (κ2) is 6.05. The van der Waals surface area contributed by atoms with E-state index in [2.05, 4.69) is 6.92 Å². The Bertz CT molecular complexity index is 169. The highest BCUT2D eigenvalue weighted by molar-refractivity contribution is 5.72. The van der Waals surface area contributed by atoms with Crippen LogP contribution >= 0.6 is 0 Å². The SMILES string of the molecule is CCCC(C)(C)OC(=O)C(CC)CC. The first kappa shape index (κ1) is 13.5. The normalized spacial score (nSPS) is 11.9. The van der Waals surface area contributed by atoms with Gasteiger partial charge < -0.3 is 4.74 Å². The van der Waals surface area contributed by atoms with E-state index in [9.17, 15) is 4.79 Å². The third-order valence-electron chi connectivity index (χ3n) is 2.55. The fraction of sp³-hybridized carbons (Fsp3) is 0.917. The Hall–Kier alpha value is -0.530. The van der Waals surface area contributed by atoms with Gasteiger partial charge in [-0.25, -0.2) is 0 Å². The number of hydrogen-bond donors (Lipinski definition) is 0. The molecule has 0 aliphatic heterocycles. The van der Waals surface area contributed by atoms with Gasteiger partial charge in [-0.15, -0.1) is 0 Å². The van der Waals surface area contributed by atoms with Crippen molar-refractivity contribution in [2.45, 2.75) is 65.9 Å². The lowest BCUT2D eigenvalue weighted by Crippen LogP contribution is -2.31. The number of ether oxygens (including phenoxy) is 1. The summed E-state index contributed by atoms with van der Waals surface area (Å²) in [5.41, 5.74) is -0.297. The molecule has 0 spiro atoms. The highest BCUT2D eigenvalue weighted by atomic mass is 16.6. The summed E-state index contributed by atoms with van der Waals surface area (Å²) >= 11 is 0. The van der Waals surface area contributed by atoms with E-state index in [0.717, 1.165) is 25.7 Å². The van der Waals surface area contributed by atoms with Gasteiger partial charge in [0.1, 0.15) is 5.60 Å². The molecule has 0 heterocycles. The molecule has 0 aromatic rings. The van der Waals surface area contributed by atoms with Crippen LogP contribution in [-0.4, -0.2) is 11.6 Å². The largest absolute Gasteiger partial charge is 0.459 e. The molecule has 0 bridgehead atoms. The number of esters is 1. The van der Waals surface area contributed by atoms with E-state index >= 15 is 0 Å². The zero-order valence-corrected chi connectivity index (χ0v) is 10.2. The van der Waals surface area contributed by atoms with Crippen LogP contribution in [0, 0.1) is 5.92 Å². The van der Waals surface area contributed by atoms with Crippen molar-refractivity contribution in [1.82, 2.24) is 0 Å². The molecule has 2 nitrogen and oxygen atoms in total. The van der Waals surface area contributed by atoms with Crippen LogP contribution in [0.15, 0.2) is 0 Å². The van der Waals surface area contributed by atoms with Gasteiger partial charge in [0.15, 0.2) is 0 Å². The average molecular weight is 200 g/mol. The predicted octanol–water partition coefficient (Wildman–Crippen LogP) is 3.54. The number of carbonyl (C=O) groups is 1. The van der Waals surface area contributed by atoms with Gasteiger partial charge in [0, 0.05) is 0 Å². The molecule has 0 rings (SSSR count). The molecule has 0 atom stereocenters. The van der Waals surface area contributed by atoms with Gasteiger partial charge in [-0.05, 0) is 33.1 Å². The first-order chi connectivity index (χ1) is 6.46. The topological polar surface area (TPSA) is 26.3 Å². The average Bonchev–Trinajstić information content (AvgIpc) is 2.04. The van der Waals surface area contributed by atoms with Crippen LogP contribution in [0.2, 0.25) is 0 Å². The highest BCUT2D eigenvalue weighted by Crippen LogP contribution is 2.20. The Morgan fingerprint density at radius 1 is 1.21 bits per heavy atom. The first-order valence-electron chi connectivity index (χ1n) is 5.69. The maximum atomic E-state index is 11.7. The molecule has 0 fully saturated rings. The molecule has 0 radical (unpaired) electrons. The van der Waals surface area contributed by atoms with E-state index in [1.54, 1.807) is 0 Å². The van der Waals surface area contributed by atoms with Crippen LogP contribution in [-0.2, 0) is 9.53 Å². The lowest BCUT2D eigenvalue weighted by molar-refractivity contribution is -0.162. The van der Waals surface area contributed by atoms with Crippen LogP contribution in [0.4, 0.5) is 0 Å². The summed E-state index contributed by atoms with van der Waals surface area (Å²) in [7, 11) is 0. The van der Waals surface area contributed by atoms with Crippen LogP contribution in [0.25, 0.3) is 0 Å². The quantitative estimate of drug-likeness (QED) is 0.613. The van der Waals surface area contributed by atoms with Gasteiger partial charge in [-0.2, -0.15) is 0 Å². The van der Waals surface area contributed by atoms with Gasteiger partial charge in [0.05, 0.1) is 5.92 Å². The summed E-state index contributed by atoms with van der Waals surface area (Å²) in [5.74, 6) is 0.0413. The lowest BCUT2D eigenvalue weighted by Gasteiger charge is -2.26.